The molecule has 0 N–H and O–H groups in total. The van der Waals surface area contributed by atoms with Gasteiger partial charge in [0.1, 0.15) is 6.07 Å². The van der Waals surface area contributed by atoms with Crippen LogP contribution in [0.5, 0.6) is 0 Å². The highest BCUT2D eigenvalue weighted by Gasteiger charge is 2.19. The number of hydrogen-bond donors (Lipinski definition) is 0. The Kier molecular flexibility index (Phi) is 7.07. The molecular weight excluding hydrogens is 285 g/mol. The topological polar surface area (TPSA) is 23.8 Å². The van der Waals surface area contributed by atoms with Crippen molar-refractivity contribution in [3.63, 3.8) is 0 Å². The summed E-state index contributed by atoms with van der Waals surface area (Å²) in [6.07, 6.45) is 13.4. The van der Waals surface area contributed by atoms with Gasteiger partial charge in [-0.1, -0.05) is 43.3 Å². The molecule has 0 aromatic heterocycles. The highest BCUT2D eigenvalue weighted by molar-refractivity contribution is 5.22. The highest BCUT2D eigenvalue weighted by atomic mass is 19.1. The molecule has 122 valence electrons. The van der Waals surface area contributed by atoms with Crippen LogP contribution in [0.2, 0.25) is 0 Å². The second-order valence-corrected chi connectivity index (χ2v) is 6.50. The molecule has 2 heteroatoms. The maximum atomic E-state index is 12.7. The van der Waals surface area contributed by atoms with E-state index < -0.39 is 5.83 Å². The average Bonchev–Trinajstić information content (AvgIpc) is 2.61. The lowest BCUT2D eigenvalue weighted by atomic mass is 9.79. The van der Waals surface area contributed by atoms with Crippen molar-refractivity contribution in [1.29, 1.82) is 5.26 Å². The Hall–Kier alpha value is -1.88. The van der Waals surface area contributed by atoms with Crippen molar-refractivity contribution in [3.8, 4) is 6.07 Å². The molecule has 0 radical (unpaired) electrons. The molecule has 1 aliphatic carbocycles. The van der Waals surface area contributed by atoms with Crippen molar-refractivity contribution in [2.24, 2.45) is 11.8 Å². The van der Waals surface area contributed by atoms with E-state index in [-0.39, 0.29) is 0 Å². The van der Waals surface area contributed by atoms with E-state index in [4.69, 9.17) is 5.26 Å². The number of hydrogen-bond acceptors (Lipinski definition) is 1. The number of rotatable bonds is 6. The second-order valence-electron chi connectivity index (χ2n) is 6.50. The van der Waals surface area contributed by atoms with Gasteiger partial charge in [-0.25, -0.2) is 0 Å². The van der Waals surface area contributed by atoms with Crippen LogP contribution in [0.4, 0.5) is 4.39 Å². The maximum absolute atomic E-state index is 12.7. The third-order valence-corrected chi connectivity index (χ3v) is 4.90. The van der Waals surface area contributed by atoms with E-state index in [2.05, 4.69) is 37.3 Å². The zero-order valence-electron chi connectivity index (χ0n) is 14.0. The second kappa shape index (κ2) is 9.30. The Balaban J connectivity index is 1.71. The summed E-state index contributed by atoms with van der Waals surface area (Å²) in [5.74, 6) is 0.638. The monoisotopic (exact) mass is 311 g/mol. The fraction of sp³-hybridized carbons (Fsp3) is 0.476. The molecule has 2 rings (SSSR count). The molecule has 1 aromatic rings. The van der Waals surface area contributed by atoms with Crippen LogP contribution < -0.4 is 0 Å². The highest BCUT2D eigenvalue weighted by Crippen LogP contribution is 2.32. The number of halogens is 1. The number of nitriles is 1. The molecule has 0 amide bonds. The Morgan fingerprint density at radius 3 is 2.43 bits per heavy atom. The Bertz CT molecular complexity index is 569. The van der Waals surface area contributed by atoms with Gasteiger partial charge in [0, 0.05) is 0 Å². The maximum Gasteiger partial charge on any atom is 0.199 e. The van der Waals surface area contributed by atoms with Gasteiger partial charge in [0.25, 0.3) is 0 Å². The summed E-state index contributed by atoms with van der Waals surface area (Å²) in [6, 6.07) is 10.5. The SMILES string of the molecule is CCc1ccc(CC[C@H]2CC[C@H](C=CC=C(F)C#N)CC2)cc1. The van der Waals surface area contributed by atoms with Gasteiger partial charge < -0.3 is 0 Å². The number of allylic oxidation sites excluding steroid dienone is 4. The van der Waals surface area contributed by atoms with Gasteiger partial charge >= 0.3 is 0 Å². The predicted molar refractivity (Wildman–Crippen MR) is 93.5 cm³/mol. The summed E-state index contributed by atoms with van der Waals surface area (Å²) in [5, 5.41) is 8.36. The van der Waals surface area contributed by atoms with Crippen molar-refractivity contribution in [3.05, 3.63) is 59.4 Å². The molecule has 1 aliphatic rings. The van der Waals surface area contributed by atoms with Gasteiger partial charge in [0.15, 0.2) is 5.83 Å². The molecule has 1 saturated carbocycles. The fourth-order valence-electron chi connectivity index (χ4n) is 3.32. The first kappa shape index (κ1) is 17.5. The van der Waals surface area contributed by atoms with Crippen LogP contribution in [-0.4, -0.2) is 0 Å². The molecule has 1 aromatic carbocycles. The fourth-order valence-corrected chi connectivity index (χ4v) is 3.32. The predicted octanol–water partition coefficient (Wildman–Crippen LogP) is 5.92. The van der Waals surface area contributed by atoms with Gasteiger partial charge in [0.2, 0.25) is 0 Å². The zero-order valence-corrected chi connectivity index (χ0v) is 14.0. The molecule has 1 fully saturated rings. The van der Waals surface area contributed by atoms with Crippen molar-refractivity contribution in [2.75, 3.05) is 0 Å². The van der Waals surface area contributed by atoms with Gasteiger partial charge in [-0.3, -0.25) is 0 Å². The van der Waals surface area contributed by atoms with Crippen LogP contribution in [0.15, 0.2) is 48.3 Å². The first-order valence-electron chi connectivity index (χ1n) is 8.73. The molecule has 0 spiro atoms. The van der Waals surface area contributed by atoms with Gasteiger partial charge in [0.05, 0.1) is 0 Å². The molecular formula is C21H26FN. The summed E-state index contributed by atoms with van der Waals surface area (Å²) >= 11 is 0. The third-order valence-electron chi connectivity index (χ3n) is 4.90. The first-order chi connectivity index (χ1) is 11.2. The average molecular weight is 311 g/mol. The number of nitrogens with zero attached hydrogens (tertiary/aromatic N) is 1. The van der Waals surface area contributed by atoms with E-state index in [0.717, 1.165) is 12.3 Å². The van der Waals surface area contributed by atoms with Crippen LogP contribution in [0.3, 0.4) is 0 Å². The van der Waals surface area contributed by atoms with E-state index in [1.54, 1.807) is 6.08 Å². The molecule has 0 bridgehead atoms. The standard InChI is InChI=1S/C21H26FN/c1-2-17-6-8-19(9-7-17)14-15-20-12-10-18(11-13-20)4-3-5-21(22)16-23/h3-9,18,20H,2,10-15H2,1H3/t18-,20-. The molecule has 1 nitrogen and oxygen atoms in total. The van der Waals surface area contributed by atoms with Gasteiger partial charge in [-0.05, 0) is 74.0 Å². The van der Waals surface area contributed by atoms with Crippen molar-refractivity contribution >= 4 is 0 Å². The summed E-state index contributed by atoms with van der Waals surface area (Å²) in [5.41, 5.74) is 2.85. The summed E-state index contributed by atoms with van der Waals surface area (Å²) in [4.78, 5) is 0. The lowest BCUT2D eigenvalue weighted by Crippen LogP contribution is -2.13. The lowest BCUT2D eigenvalue weighted by Gasteiger charge is -2.26. The largest absolute Gasteiger partial charge is 0.199 e. The molecule has 0 aliphatic heterocycles. The minimum atomic E-state index is -0.718. The first-order valence-corrected chi connectivity index (χ1v) is 8.73. The quantitative estimate of drug-likeness (QED) is 0.472. The summed E-state index contributed by atoms with van der Waals surface area (Å²) in [6.45, 7) is 2.19. The normalized spacial score (nSPS) is 22.2. The Morgan fingerprint density at radius 2 is 1.83 bits per heavy atom. The van der Waals surface area contributed by atoms with Crippen LogP contribution in [0, 0.1) is 23.2 Å². The summed E-state index contributed by atoms with van der Waals surface area (Å²) in [7, 11) is 0. The molecule has 23 heavy (non-hydrogen) atoms. The van der Waals surface area contributed by atoms with E-state index in [0.29, 0.717) is 5.92 Å². The van der Waals surface area contributed by atoms with Gasteiger partial charge in [-0.2, -0.15) is 9.65 Å². The minimum absolute atomic E-state index is 0.540. The Labute approximate surface area is 139 Å². The van der Waals surface area contributed by atoms with Crippen LogP contribution >= 0.6 is 0 Å². The molecule has 0 atom stereocenters. The van der Waals surface area contributed by atoms with Crippen molar-refractivity contribution < 1.29 is 4.39 Å². The number of benzene rings is 1. The van der Waals surface area contributed by atoms with E-state index >= 15 is 0 Å². The third kappa shape index (κ3) is 6.02. The molecule has 0 saturated heterocycles. The van der Waals surface area contributed by atoms with Crippen LogP contribution in [-0.2, 0) is 12.8 Å². The van der Waals surface area contributed by atoms with Gasteiger partial charge in [-0.15, -0.1) is 0 Å². The lowest BCUT2D eigenvalue weighted by molar-refractivity contribution is 0.296. The number of aryl methyl sites for hydroxylation is 2. The van der Waals surface area contributed by atoms with E-state index in [9.17, 15) is 4.39 Å². The van der Waals surface area contributed by atoms with Crippen LogP contribution in [0.1, 0.15) is 50.2 Å². The Morgan fingerprint density at radius 1 is 1.17 bits per heavy atom. The zero-order chi connectivity index (χ0) is 16.5. The molecule has 0 unspecified atom stereocenters. The van der Waals surface area contributed by atoms with E-state index in [1.165, 1.54) is 61.8 Å². The van der Waals surface area contributed by atoms with Crippen LogP contribution in [0.25, 0.3) is 0 Å². The van der Waals surface area contributed by atoms with Crippen molar-refractivity contribution in [1.82, 2.24) is 0 Å². The minimum Gasteiger partial charge on any atom is -0.195 e. The van der Waals surface area contributed by atoms with E-state index in [1.807, 2.05) is 0 Å². The molecule has 0 heterocycles. The smallest absolute Gasteiger partial charge is 0.195 e. The van der Waals surface area contributed by atoms with Crippen molar-refractivity contribution in [2.45, 2.75) is 51.9 Å². The summed E-state index contributed by atoms with van der Waals surface area (Å²) < 4.78 is 12.7.